The van der Waals surface area contributed by atoms with Gasteiger partial charge in [-0.2, -0.15) is 0 Å². The second kappa shape index (κ2) is 62.9. The van der Waals surface area contributed by atoms with Crippen molar-refractivity contribution in [3.05, 3.63) is 97.2 Å². The molecule has 0 aliphatic rings. The Labute approximate surface area is 464 Å². The highest BCUT2D eigenvalue weighted by Gasteiger charge is 2.19. The standard InChI is InChI=1S/C69H118O6/c1-4-7-10-13-16-19-22-25-28-29-30-31-32-33-34-35-36-37-38-39-42-44-47-50-53-56-59-62-68(71)74-65-66(75-69(72)63-60-57-54-51-48-45-41-27-24-21-18-15-12-9-6-3)64-73-67(70)61-58-55-52-49-46-43-40-26-23-20-17-14-11-8-5-2/h7,9-10,12,16,18-19,21,25-28,30-31,40-41,66H,4-6,8,11,13-15,17,20,22-24,29,32-39,42-65H2,1-3H3/b10-7-,12-9-,19-16-,21-18-,28-25-,31-30-,40-26-,41-27-. The second-order valence-electron chi connectivity index (χ2n) is 20.9. The number of hydrogen-bond donors (Lipinski definition) is 0. The topological polar surface area (TPSA) is 78.9 Å². The Kier molecular flexibility index (Phi) is 59.8. The first-order chi connectivity index (χ1) is 37.0. The molecule has 6 nitrogen and oxygen atoms in total. The van der Waals surface area contributed by atoms with Gasteiger partial charge in [-0.15, -0.1) is 0 Å². The minimum atomic E-state index is -0.791. The van der Waals surface area contributed by atoms with Crippen LogP contribution in [0.4, 0.5) is 0 Å². The molecule has 0 aromatic heterocycles. The van der Waals surface area contributed by atoms with Crippen LogP contribution in [-0.2, 0) is 28.6 Å². The third-order valence-corrected chi connectivity index (χ3v) is 13.6. The smallest absolute Gasteiger partial charge is 0.306 e. The van der Waals surface area contributed by atoms with Crippen LogP contribution in [0.1, 0.15) is 303 Å². The average Bonchev–Trinajstić information content (AvgIpc) is 3.41. The molecular weight excluding hydrogens is 925 g/mol. The molecule has 0 N–H and O–H groups in total. The van der Waals surface area contributed by atoms with Crippen LogP contribution in [0.3, 0.4) is 0 Å². The van der Waals surface area contributed by atoms with Crippen molar-refractivity contribution in [1.29, 1.82) is 0 Å². The maximum Gasteiger partial charge on any atom is 0.306 e. The van der Waals surface area contributed by atoms with Gasteiger partial charge in [-0.25, -0.2) is 0 Å². The van der Waals surface area contributed by atoms with E-state index >= 15 is 0 Å². The Bertz CT molecular complexity index is 1480. The third-order valence-electron chi connectivity index (χ3n) is 13.6. The van der Waals surface area contributed by atoms with Gasteiger partial charge in [0.25, 0.3) is 0 Å². The molecule has 430 valence electrons. The first kappa shape index (κ1) is 71.3. The van der Waals surface area contributed by atoms with Crippen molar-refractivity contribution in [2.75, 3.05) is 13.2 Å². The van der Waals surface area contributed by atoms with E-state index in [1.165, 1.54) is 135 Å². The number of unbranched alkanes of at least 4 members (excludes halogenated alkanes) is 30. The molecule has 0 aromatic carbocycles. The van der Waals surface area contributed by atoms with E-state index in [0.717, 1.165) is 128 Å². The van der Waals surface area contributed by atoms with Crippen LogP contribution >= 0.6 is 0 Å². The van der Waals surface area contributed by atoms with Crippen LogP contribution in [0.25, 0.3) is 0 Å². The summed E-state index contributed by atoms with van der Waals surface area (Å²) >= 11 is 0. The third kappa shape index (κ3) is 61.1. The highest BCUT2D eigenvalue weighted by molar-refractivity contribution is 5.71. The Hall–Kier alpha value is -3.67. The average molecular weight is 1040 g/mol. The van der Waals surface area contributed by atoms with Crippen LogP contribution in [0.5, 0.6) is 0 Å². The lowest BCUT2D eigenvalue weighted by atomic mass is 10.0. The zero-order valence-corrected chi connectivity index (χ0v) is 49.3. The van der Waals surface area contributed by atoms with E-state index in [9.17, 15) is 14.4 Å². The van der Waals surface area contributed by atoms with Gasteiger partial charge in [-0.1, -0.05) is 266 Å². The van der Waals surface area contributed by atoms with Gasteiger partial charge in [-0.05, 0) is 116 Å². The van der Waals surface area contributed by atoms with Crippen LogP contribution in [0.15, 0.2) is 97.2 Å². The number of esters is 3. The summed E-state index contributed by atoms with van der Waals surface area (Å²) in [5, 5.41) is 0. The fourth-order valence-corrected chi connectivity index (χ4v) is 8.86. The van der Waals surface area contributed by atoms with Crippen LogP contribution in [-0.4, -0.2) is 37.2 Å². The molecule has 1 atom stereocenters. The van der Waals surface area contributed by atoms with E-state index < -0.39 is 6.10 Å². The van der Waals surface area contributed by atoms with Gasteiger partial charge in [0, 0.05) is 19.3 Å². The predicted molar refractivity (Wildman–Crippen MR) is 325 cm³/mol. The molecule has 0 spiro atoms. The van der Waals surface area contributed by atoms with Gasteiger partial charge in [0.05, 0.1) is 0 Å². The Morgan fingerprint density at radius 1 is 0.280 bits per heavy atom. The Morgan fingerprint density at radius 3 is 0.827 bits per heavy atom. The van der Waals surface area contributed by atoms with E-state index in [2.05, 4.69) is 118 Å². The number of carbonyl (C=O) groups is 3. The fourth-order valence-electron chi connectivity index (χ4n) is 8.86. The minimum Gasteiger partial charge on any atom is -0.462 e. The van der Waals surface area contributed by atoms with Gasteiger partial charge < -0.3 is 14.2 Å². The van der Waals surface area contributed by atoms with Gasteiger partial charge in [-0.3, -0.25) is 14.4 Å². The van der Waals surface area contributed by atoms with Crippen LogP contribution in [0, 0.1) is 0 Å². The quantitative estimate of drug-likeness (QED) is 0.0261. The predicted octanol–water partition coefficient (Wildman–Crippen LogP) is 21.7. The van der Waals surface area contributed by atoms with Crippen molar-refractivity contribution in [2.24, 2.45) is 0 Å². The molecule has 0 aliphatic carbocycles. The first-order valence-corrected chi connectivity index (χ1v) is 31.7. The molecule has 0 amide bonds. The number of allylic oxidation sites excluding steroid dienone is 16. The summed E-state index contributed by atoms with van der Waals surface area (Å²) in [5.74, 6) is -0.903. The minimum absolute atomic E-state index is 0.0862. The fraction of sp³-hybridized carbons (Fsp3) is 0.725. The summed E-state index contributed by atoms with van der Waals surface area (Å²) in [6, 6.07) is 0. The highest BCUT2D eigenvalue weighted by atomic mass is 16.6. The monoisotopic (exact) mass is 1040 g/mol. The SMILES string of the molecule is CC/C=C\C/C=C\C/C=C\C/C=C\CCCCCCCCCCCCCCCCC(=O)OCC(COC(=O)CCCCCCC/C=C\CCCCCCCC)OC(=O)CCCCCCC/C=C\C/C=C\C/C=C\CC. The second-order valence-corrected chi connectivity index (χ2v) is 20.9. The summed E-state index contributed by atoms with van der Waals surface area (Å²) in [5.41, 5.74) is 0. The largest absolute Gasteiger partial charge is 0.462 e. The Morgan fingerprint density at radius 2 is 0.520 bits per heavy atom. The van der Waals surface area contributed by atoms with Crippen molar-refractivity contribution >= 4 is 17.9 Å². The number of rotatable bonds is 57. The molecular formula is C69H118O6. The van der Waals surface area contributed by atoms with Gasteiger partial charge >= 0.3 is 17.9 Å². The summed E-state index contributed by atoms with van der Waals surface area (Å²) in [7, 11) is 0. The van der Waals surface area contributed by atoms with E-state index in [4.69, 9.17) is 14.2 Å². The van der Waals surface area contributed by atoms with Gasteiger partial charge in [0.1, 0.15) is 13.2 Å². The lowest BCUT2D eigenvalue weighted by molar-refractivity contribution is -0.167. The van der Waals surface area contributed by atoms with Crippen molar-refractivity contribution in [2.45, 2.75) is 309 Å². The van der Waals surface area contributed by atoms with Crippen molar-refractivity contribution in [3.8, 4) is 0 Å². The molecule has 0 rings (SSSR count). The molecule has 0 saturated heterocycles. The Balaban J connectivity index is 4.29. The van der Waals surface area contributed by atoms with Crippen molar-refractivity contribution < 1.29 is 28.6 Å². The van der Waals surface area contributed by atoms with E-state index in [-0.39, 0.29) is 31.1 Å². The van der Waals surface area contributed by atoms with Crippen LogP contribution in [0.2, 0.25) is 0 Å². The summed E-state index contributed by atoms with van der Waals surface area (Å²) in [6.45, 7) is 6.41. The lowest BCUT2D eigenvalue weighted by Gasteiger charge is -2.18. The molecule has 75 heavy (non-hydrogen) atoms. The van der Waals surface area contributed by atoms with Crippen molar-refractivity contribution in [3.63, 3.8) is 0 Å². The molecule has 1 unspecified atom stereocenters. The van der Waals surface area contributed by atoms with Crippen molar-refractivity contribution in [1.82, 2.24) is 0 Å². The molecule has 0 fully saturated rings. The molecule has 0 aromatic rings. The first-order valence-electron chi connectivity index (χ1n) is 31.7. The lowest BCUT2D eigenvalue weighted by Crippen LogP contribution is -2.30. The number of hydrogen-bond acceptors (Lipinski definition) is 6. The zero-order chi connectivity index (χ0) is 54.3. The molecule has 0 aliphatic heterocycles. The van der Waals surface area contributed by atoms with E-state index in [1.54, 1.807) is 0 Å². The summed E-state index contributed by atoms with van der Waals surface area (Å²) in [4.78, 5) is 38.3. The molecule has 0 bridgehead atoms. The maximum atomic E-state index is 12.9. The number of carbonyl (C=O) groups excluding carboxylic acids is 3. The highest BCUT2D eigenvalue weighted by Crippen LogP contribution is 2.16. The van der Waals surface area contributed by atoms with E-state index in [0.29, 0.717) is 19.3 Å². The normalized spacial score (nSPS) is 12.7. The number of ether oxygens (including phenoxy) is 3. The summed E-state index contributed by atoms with van der Waals surface area (Å²) < 4.78 is 16.9. The summed E-state index contributed by atoms with van der Waals surface area (Å²) in [6.07, 6.45) is 84.1. The molecule has 0 saturated carbocycles. The zero-order valence-electron chi connectivity index (χ0n) is 49.3. The van der Waals surface area contributed by atoms with Crippen LogP contribution < -0.4 is 0 Å². The molecule has 6 heteroatoms. The maximum absolute atomic E-state index is 12.9. The van der Waals surface area contributed by atoms with Gasteiger partial charge in [0.15, 0.2) is 6.10 Å². The molecule has 0 radical (unpaired) electrons. The van der Waals surface area contributed by atoms with E-state index in [1.807, 2.05) is 0 Å². The van der Waals surface area contributed by atoms with Gasteiger partial charge in [0.2, 0.25) is 0 Å². The molecule has 0 heterocycles.